The molecule has 0 bridgehead atoms. The number of anilines is 4. The molecule has 0 saturated heterocycles. The lowest BCUT2D eigenvalue weighted by molar-refractivity contribution is 1.03. The van der Waals surface area contributed by atoms with Crippen LogP contribution in [0, 0.1) is 0 Å². The van der Waals surface area contributed by atoms with Crippen molar-refractivity contribution in [1.82, 2.24) is 9.97 Å². The van der Waals surface area contributed by atoms with E-state index in [1.54, 1.807) is 6.33 Å². The van der Waals surface area contributed by atoms with Crippen LogP contribution in [0.4, 0.5) is 23.0 Å². The van der Waals surface area contributed by atoms with Crippen LogP contribution in [0.5, 0.6) is 0 Å². The highest BCUT2D eigenvalue weighted by Gasteiger charge is 2.11. The third-order valence-corrected chi connectivity index (χ3v) is 3.28. The van der Waals surface area contributed by atoms with Crippen LogP contribution in [-0.4, -0.2) is 30.6 Å². The van der Waals surface area contributed by atoms with Gasteiger partial charge in [0, 0.05) is 26.2 Å². The number of hydrogen-bond donors (Lipinski definition) is 2. The van der Waals surface area contributed by atoms with Gasteiger partial charge in [0.2, 0.25) is 0 Å². The van der Waals surface area contributed by atoms with Gasteiger partial charge in [-0.15, -0.1) is 0 Å². The minimum absolute atomic E-state index is 0.845. The molecular weight excluding hydrogens is 262 g/mol. The highest BCUT2D eigenvalue weighted by atomic mass is 15.1. The molecule has 0 aliphatic rings. The Morgan fingerprint density at radius 2 is 1.76 bits per heavy atom. The summed E-state index contributed by atoms with van der Waals surface area (Å²) < 4.78 is 0. The molecule has 2 N–H and O–H groups in total. The van der Waals surface area contributed by atoms with Crippen LogP contribution in [0.1, 0.15) is 19.4 Å². The zero-order valence-electron chi connectivity index (χ0n) is 13.1. The van der Waals surface area contributed by atoms with Crippen LogP contribution >= 0.6 is 0 Å². The first-order valence-corrected chi connectivity index (χ1v) is 7.28. The summed E-state index contributed by atoms with van der Waals surface area (Å²) in [7, 11) is 4.07. The van der Waals surface area contributed by atoms with E-state index in [0.717, 1.165) is 41.5 Å². The van der Waals surface area contributed by atoms with Crippen LogP contribution in [0.3, 0.4) is 0 Å². The van der Waals surface area contributed by atoms with Crippen molar-refractivity contribution in [1.29, 1.82) is 0 Å². The predicted molar refractivity (Wildman–Crippen MR) is 89.6 cm³/mol. The van der Waals surface area contributed by atoms with Gasteiger partial charge in [0.1, 0.15) is 18.0 Å². The van der Waals surface area contributed by atoms with E-state index in [1.165, 1.54) is 0 Å². The minimum Gasteiger partial charge on any atom is -0.376 e. The fourth-order valence-electron chi connectivity index (χ4n) is 2.27. The Morgan fingerprint density at radius 1 is 1.05 bits per heavy atom. The van der Waals surface area contributed by atoms with Crippen LogP contribution in [-0.2, 0) is 6.42 Å². The van der Waals surface area contributed by atoms with Crippen molar-refractivity contribution in [2.45, 2.75) is 20.3 Å². The van der Waals surface area contributed by atoms with Crippen molar-refractivity contribution in [2.75, 3.05) is 36.2 Å². The van der Waals surface area contributed by atoms with Crippen molar-refractivity contribution in [2.24, 2.45) is 0 Å². The minimum atomic E-state index is 0.845. The third kappa shape index (κ3) is 3.42. The smallest absolute Gasteiger partial charge is 0.139 e. The van der Waals surface area contributed by atoms with Crippen LogP contribution in [0.25, 0.3) is 0 Å². The molecule has 0 saturated carbocycles. The molecular formula is C16H23N5. The average Bonchev–Trinajstić information content (AvgIpc) is 2.48. The van der Waals surface area contributed by atoms with Crippen molar-refractivity contribution >= 4 is 23.0 Å². The fourth-order valence-corrected chi connectivity index (χ4v) is 2.27. The summed E-state index contributed by atoms with van der Waals surface area (Å²) in [4.78, 5) is 10.8. The number of para-hydroxylation sites is 2. The quantitative estimate of drug-likeness (QED) is 0.853. The number of hydrogen-bond acceptors (Lipinski definition) is 5. The SMILES string of the molecule is CCNc1ncnc(Nc2ccccc2N(C)C)c1CC. The van der Waals surface area contributed by atoms with Crippen LogP contribution < -0.4 is 15.5 Å². The molecule has 2 rings (SSSR count). The van der Waals surface area contributed by atoms with Gasteiger partial charge in [0.15, 0.2) is 0 Å². The van der Waals surface area contributed by atoms with Gasteiger partial charge >= 0.3 is 0 Å². The number of benzene rings is 1. The fraction of sp³-hybridized carbons (Fsp3) is 0.375. The summed E-state index contributed by atoms with van der Waals surface area (Å²) in [5.74, 6) is 1.76. The Bertz CT molecular complexity index is 595. The Hall–Kier alpha value is -2.30. The van der Waals surface area contributed by atoms with Crippen molar-refractivity contribution in [3.63, 3.8) is 0 Å². The number of nitrogens with zero attached hydrogens (tertiary/aromatic N) is 3. The first-order chi connectivity index (χ1) is 10.2. The largest absolute Gasteiger partial charge is 0.376 e. The second kappa shape index (κ2) is 6.92. The molecule has 0 atom stereocenters. The second-order valence-electron chi connectivity index (χ2n) is 4.97. The Balaban J connectivity index is 2.38. The highest BCUT2D eigenvalue weighted by molar-refractivity contribution is 5.75. The maximum atomic E-state index is 4.41. The van der Waals surface area contributed by atoms with Gasteiger partial charge in [-0.1, -0.05) is 19.1 Å². The maximum Gasteiger partial charge on any atom is 0.139 e. The molecule has 0 spiro atoms. The van der Waals surface area contributed by atoms with Gasteiger partial charge in [-0.2, -0.15) is 0 Å². The van der Waals surface area contributed by atoms with Gasteiger partial charge in [-0.3, -0.25) is 0 Å². The van der Waals surface area contributed by atoms with Crippen molar-refractivity contribution in [3.8, 4) is 0 Å². The lowest BCUT2D eigenvalue weighted by Crippen LogP contribution is -2.12. The predicted octanol–water partition coefficient (Wildman–Crippen LogP) is 3.28. The second-order valence-corrected chi connectivity index (χ2v) is 4.97. The number of rotatable bonds is 6. The van der Waals surface area contributed by atoms with Gasteiger partial charge in [0.25, 0.3) is 0 Å². The molecule has 1 aromatic carbocycles. The van der Waals surface area contributed by atoms with E-state index in [9.17, 15) is 0 Å². The molecule has 0 amide bonds. The van der Waals surface area contributed by atoms with E-state index >= 15 is 0 Å². The first-order valence-electron chi connectivity index (χ1n) is 7.28. The summed E-state index contributed by atoms with van der Waals surface area (Å²) in [6.45, 7) is 5.02. The van der Waals surface area contributed by atoms with Crippen LogP contribution in [0.15, 0.2) is 30.6 Å². The zero-order valence-corrected chi connectivity index (χ0v) is 13.1. The number of nitrogens with one attached hydrogen (secondary N) is 2. The molecule has 0 aliphatic carbocycles. The van der Waals surface area contributed by atoms with E-state index in [2.05, 4.69) is 51.5 Å². The van der Waals surface area contributed by atoms with Gasteiger partial charge in [0.05, 0.1) is 11.4 Å². The van der Waals surface area contributed by atoms with E-state index < -0.39 is 0 Å². The molecule has 0 fully saturated rings. The van der Waals surface area contributed by atoms with Crippen molar-refractivity contribution < 1.29 is 0 Å². The van der Waals surface area contributed by atoms with E-state index in [4.69, 9.17) is 0 Å². The zero-order chi connectivity index (χ0) is 15.2. The molecule has 1 aromatic heterocycles. The normalized spacial score (nSPS) is 10.3. The van der Waals surface area contributed by atoms with E-state index in [-0.39, 0.29) is 0 Å². The Labute approximate surface area is 126 Å². The first kappa shape index (κ1) is 15.1. The van der Waals surface area contributed by atoms with Gasteiger partial charge in [-0.05, 0) is 25.5 Å². The molecule has 21 heavy (non-hydrogen) atoms. The molecule has 112 valence electrons. The summed E-state index contributed by atoms with van der Waals surface area (Å²) in [5, 5.41) is 6.73. The Kier molecular flexibility index (Phi) is 4.98. The molecule has 5 heteroatoms. The highest BCUT2D eigenvalue weighted by Crippen LogP contribution is 2.29. The standard InChI is InChI=1S/C16H23N5/c1-5-12-15(17-6-2)18-11-19-16(12)20-13-9-7-8-10-14(13)21(3)4/h7-11H,5-6H2,1-4H3,(H2,17,18,19,20). The lowest BCUT2D eigenvalue weighted by atomic mass is 10.2. The average molecular weight is 285 g/mol. The van der Waals surface area contributed by atoms with E-state index in [0.29, 0.717) is 0 Å². The summed E-state index contributed by atoms with van der Waals surface area (Å²) >= 11 is 0. The Morgan fingerprint density at radius 3 is 2.43 bits per heavy atom. The maximum absolute atomic E-state index is 4.41. The third-order valence-electron chi connectivity index (χ3n) is 3.28. The molecule has 5 nitrogen and oxygen atoms in total. The van der Waals surface area contributed by atoms with E-state index in [1.807, 2.05) is 26.2 Å². The number of aromatic nitrogens is 2. The molecule has 1 heterocycles. The lowest BCUT2D eigenvalue weighted by Gasteiger charge is -2.19. The topological polar surface area (TPSA) is 53.1 Å². The molecule has 2 aromatic rings. The molecule has 0 radical (unpaired) electrons. The van der Waals surface area contributed by atoms with Crippen molar-refractivity contribution in [3.05, 3.63) is 36.2 Å². The van der Waals surface area contributed by atoms with Gasteiger partial charge in [-0.25, -0.2) is 9.97 Å². The van der Waals surface area contributed by atoms with Crippen LogP contribution in [0.2, 0.25) is 0 Å². The van der Waals surface area contributed by atoms with Gasteiger partial charge < -0.3 is 15.5 Å². The summed E-state index contributed by atoms with van der Waals surface area (Å²) in [6.07, 6.45) is 2.47. The molecule has 0 aliphatic heterocycles. The monoisotopic (exact) mass is 285 g/mol. The summed E-state index contributed by atoms with van der Waals surface area (Å²) in [5.41, 5.74) is 3.27. The molecule has 0 unspecified atom stereocenters. The summed E-state index contributed by atoms with van der Waals surface area (Å²) in [6, 6.07) is 8.20.